The maximum atomic E-state index is 12.6. The van der Waals surface area contributed by atoms with Gasteiger partial charge in [-0.05, 0) is 78.8 Å². The summed E-state index contributed by atoms with van der Waals surface area (Å²) in [5.74, 6) is 0.135. The third-order valence-electron chi connectivity index (χ3n) is 4.03. The topological polar surface area (TPSA) is 33.2 Å². The Kier molecular flexibility index (Phi) is 5.10. The molecule has 0 aliphatic carbocycles. The highest BCUT2D eigenvalue weighted by molar-refractivity contribution is 14.1. The summed E-state index contributed by atoms with van der Waals surface area (Å²) in [7, 11) is 0. The molecule has 3 nitrogen and oxygen atoms in total. The summed E-state index contributed by atoms with van der Waals surface area (Å²) in [6, 6.07) is 13.9. The Bertz CT molecular complexity index is 745. The van der Waals surface area contributed by atoms with Crippen LogP contribution in [0.3, 0.4) is 0 Å². The van der Waals surface area contributed by atoms with E-state index in [1.165, 1.54) is 5.57 Å². The summed E-state index contributed by atoms with van der Waals surface area (Å²) in [5.41, 5.74) is 4.20. The lowest BCUT2D eigenvalue weighted by Gasteiger charge is -2.28. The summed E-state index contributed by atoms with van der Waals surface area (Å²) in [6.07, 6.45) is 4.01. The third-order valence-corrected chi connectivity index (χ3v) is 4.70. The van der Waals surface area contributed by atoms with Gasteiger partial charge in [0, 0.05) is 27.9 Å². The van der Waals surface area contributed by atoms with Gasteiger partial charge >= 0.3 is 0 Å². The fourth-order valence-corrected chi connectivity index (χ4v) is 3.34. The van der Waals surface area contributed by atoms with Crippen molar-refractivity contribution in [2.75, 3.05) is 13.1 Å². The first kappa shape index (κ1) is 16.2. The van der Waals surface area contributed by atoms with Gasteiger partial charge in [-0.1, -0.05) is 17.7 Å². The van der Waals surface area contributed by atoms with Crippen LogP contribution in [0, 0.1) is 10.5 Å². The molecule has 1 amide bonds. The molecule has 1 saturated heterocycles. The van der Waals surface area contributed by atoms with E-state index in [1.807, 2.05) is 54.3 Å². The van der Waals surface area contributed by atoms with E-state index in [-0.39, 0.29) is 5.91 Å². The quantitative estimate of drug-likeness (QED) is 0.681. The van der Waals surface area contributed by atoms with E-state index < -0.39 is 0 Å². The van der Waals surface area contributed by atoms with E-state index >= 15 is 0 Å². The van der Waals surface area contributed by atoms with Crippen LogP contribution in [-0.4, -0.2) is 28.9 Å². The first-order valence-corrected chi connectivity index (χ1v) is 8.87. The van der Waals surface area contributed by atoms with Crippen LogP contribution in [0.2, 0.25) is 0 Å². The molecule has 3 rings (SSSR count). The predicted molar refractivity (Wildman–Crippen MR) is 101 cm³/mol. The summed E-state index contributed by atoms with van der Waals surface area (Å²) in [4.78, 5) is 19.0. The lowest BCUT2D eigenvalue weighted by molar-refractivity contribution is 0.0744. The van der Waals surface area contributed by atoms with E-state index in [2.05, 4.69) is 33.7 Å². The Morgan fingerprint density at radius 2 is 1.91 bits per heavy atom. The lowest BCUT2D eigenvalue weighted by Crippen LogP contribution is -2.36. The van der Waals surface area contributed by atoms with Crippen molar-refractivity contribution in [3.05, 3.63) is 68.6 Å². The maximum absolute atomic E-state index is 12.6. The molecule has 1 aromatic heterocycles. The Labute approximate surface area is 150 Å². The van der Waals surface area contributed by atoms with Gasteiger partial charge < -0.3 is 4.90 Å². The van der Waals surface area contributed by atoms with Crippen molar-refractivity contribution in [1.82, 2.24) is 9.88 Å². The number of aromatic nitrogens is 1. The van der Waals surface area contributed by atoms with Crippen molar-refractivity contribution in [2.24, 2.45) is 0 Å². The Morgan fingerprint density at radius 1 is 1.17 bits per heavy atom. The Balaban J connectivity index is 1.65. The molecule has 0 radical (unpaired) electrons. The van der Waals surface area contributed by atoms with Crippen LogP contribution in [0.4, 0.5) is 0 Å². The molecule has 1 aromatic carbocycles. The molecule has 1 aliphatic heterocycles. The molecule has 1 fully saturated rings. The number of nitrogens with zero attached hydrogens (tertiary/aromatic N) is 2. The fourth-order valence-electron chi connectivity index (χ4n) is 2.80. The molecule has 0 bridgehead atoms. The zero-order chi connectivity index (χ0) is 16.2. The number of halogens is 1. The number of aryl methyl sites for hydroxylation is 1. The monoisotopic (exact) mass is 418 g/mol. The van der Waals surface area contributed by atoms with E-state index in [0.29, 0.717) is 0 Å². The molecular weight excluding hydrogens is 399 g/mol. The highest BCUT2D eigenvalue weighted by atomic mass is 127. The van der Waals surface area contributed by atoms with Crippen LogP contribution < -0.4 is 0 Å². The van der Waals surface area contributed by atoms with Crippen LogP contribution in [-0.2, 0) is 0 Å². The van der Waals surface area contributed by atoms with Crippen molar-refractivity contribution in [1.29, 1.82) is 0 Å². The molecule has 0 spiro atoms. The average Bonchev–Trinajstić information content (AvgIpc) is 2.55. The average molecular weight is 418 g/mol. The summed E-state index contributed by atoms with van der Waals surface area (Å²) in [5, 5.41) is 0. The normalized spacial score (nSPS) is 14.7. The van der Waals surface area contributed by atoms with Crippen molar-refractivity contribution in [3.8, 4) is 0 Å². The van der Waals surface area contributed by atoms with Gasteiger partial charge in [0.25, 0.3) is 5.91 Å². The Morgan fingerprint density at radius 3 is 2.61 bits per heavy atom. The molecule has 0 N–H and O–H groups in total. The zero-order valence-corrected chi connectivity index (χ0v) is 15.3. The van der Waals surface area contributed by atoms with Crippen LogP contribution in [0.25, 0.3) is 6.08 Å². The molecule has 1 aliphatic rings. The van der Waals surface area contributed by atoms with Gasteiger partial charge in [-0.3, -0.25) is 9.78 Å². The minimum absolute atomic E-state index is 0.135. The number of benzene rings is 1. The third kappa shape index (κ3) is 4.19. The van der Waals surface area contributed by atoms with Gasteiger partial charge in [-0.15, -0.1) is 0 Å². The van der Waals surface area contributed by atoms with Gasteiger partial charge in [-0.2, -0.15) is 0 Å². The summed E-state index contributed by atoms with van der Waals surface area (Å²) < 4.78 is 1.09. The highest BCUT2D eigenvalue weighted by Crippen LogP contribution is 2.21. The largest absolute Gasteiger partial charge is 0.338 e. The molecule has 0 atom stereocenters. The fraction of sp³-hybridized carbons (Fsp3) is 0.263. The standard InChI is InChI=1S/C19H19IN2O/c1-14-4-2-7-18(21-14)12-15-8-10-22(11-9-15)19(23)16-5-3-6-17(20)13-16/h2-7,12-13H,8-11H2,1H3. The number of hydrogen-bond donors (Lipinski definition) is 0. The number of amides is 1. The number of carbonyl (C=O) groups excluding carboxylic acids is 1. The minimum atomic E-state index is 0.135. The lowest BCUT2D eigenvalue weighted by atomic mass is 10.0. The number of pyridine rings is 1. The molecule has 118 valence electrons. The maximum Gasteiger partial charge on any atom is 0.253 e. The Hall–Kier alpha value is -1.69. The van der Waals surface area contributed by atoms with E-state index in [1.54, 1.807) is 0 Å². The van der Waals surface area contributed by atoms with Crippen molar-refractivity contribution < 1.29 is 4.79 Å². The molecule has 23 heavy (non-hydrogen) atoms. The molecule has 4 heteroatoms. The van der Waals surface area contributed by atoms with Crippen molar-refractivity contribution in [2.45, 2.75) is 19.8 Å². The molecule has 2 aromatic rings. The van der Waals surface area contributed by atoms with E-state index in [9.17, 15) is 4.79 Å². The van der Waals surface area contributed by atoms with E-state index in [0.717, 1.165) is 46.5 Å². The van der Waals surface area contributed by atoms with Crippen molar-refractivity contribution in [3.63, 3.8) is 0 Å². The number of rotatable bonds is 2. The zero-order valence-electron chi connectivity index (χ0n) is 13.1. The summed E-state index contributed by atoms with van der Waals surface area (Å²) >= 11 is 2.24. The number of piperidine rings is 1. The predicted octanol–water partition coefficient (Wildman–Crippen LogP) is 4.31. The molecular formula is C19H19IN2O. The second-order valence-corrected chi connectivity index (χ2v) is 7.05. The number of hydrogen-bond acceptors (Lipinski definition) is 2. The second-order valence-electron chi connectivity index (χ2n) is 5.81. The van der Waals surface area contributed by atoms with E-state index in [4.69, 9.17) is 0 Å². The van der Waals surface area contributed by atoms with Crippen molar-refractivity contribution >= 4 is 34.6 Å². The number of carbonyl (C=O) groups is 1. The van der Waals surface area contributed by atoms with Gasteiger partial charge in [-0.25, -0.2) is 0 Å². The minimum Gasteiger partial charge on any atom is -0.338 e. The first-order chi connectivity index (χ1) is 11.1. The SMILES string of the molecule is Cc1cccc(C=C2CCN(C(=O)c3cccc(I)c3)CC2)n1. The van der Waals surface area contributed by atoms with Gasteiger partial charge in [0.1, 0.15) is 0 Å². The second kappa shape index (κ2) is 7.25. The first-order valence-electron chi connectivity index (χ1n) is 7.80. The highest BCUT2D eigenvalue weighted by Gasteiger charge is 2.20. The molecule has 2 heterocycles. The van der Waals surface area contributed by atoms with Crippen LogP contribution >= 0.6 is 22.6 Å². The van der Waals surface area contributed by atoms with Gasteiger partial charge in [0.15, 0.2) is 0 Å². The number of likely N-dealkylation sites (tertiary alicyclic amines) is 1. The van der Waals surface area contributed by atoms with Crippen LogP contribution in [0.5, 0.6) is 0 Å². The van der Waals surface area contributed by atoms with Crippen LogP contribution in [0.1, 0.15) is 34.6 Å². The molecule has 0 unspecified atom stereocenters. The summed E-state index contributed by atoms with van der Waals surface area (Å²) in [6.45, 7) is 3.56. The van der Waals surface area contributed by atoms with Crippen LogP contribution in [0.15, 0.2) is 48.0 Å². The van der Waals surface area contributed by atoms with Gasteiger partial charge in [0.05, 0.1) is 5.69 Å². The van der Waals surface area contributed by atoms with Gasteiger partial charge in [0.2, 0.25) is 0 Å². The smallest absolute Gasteiger partial charge is 0.253 e. The molecule has 0 saturated carbocycles.